The summed E-state index contributed by atoms with van der Waals surface area (Å²) in [7, 11) is 0. The van der Waals surface area contributed by atoms with E-state index in [9.17, 15) is 0 Å². The fraction of sp³-hybridized carbons (Fsp3) is 0.538. The van der Waals surface area contributed by atoms with Crippen molar-refractivity contribution >= 4 is 0 Å². The molecule has 1 aromatic rings. The molecule has 0 amide bonds. The smallest absolute Gasteiger partial charge is 0.0379 e. The van der Waals surface area contributed by atoms with E-state index in [1.54, 1.807) is 0 Å². The molecule has 15 heavy (non-hydrogen) atoms. The van der Waals surface area contributed by atoms with Crippen molar-refractivity contribution in [3.05, 3.63) is 35.9 Å². The molecule has 0 spiro atoms. The van der Waals surface area contributed by atoms with E-state index in [1.165, 1.54) is 31.2 Å². The van der Waals surface area contributed by atoms with Crippen LogP contribution in [0, 0.1) is 0 Å². The number of nitrogens with zero attached hydrogens (tertiary/aromatic N) is 1. The molecule has 0 bridgehead atoms. The highest BCUT2D eigenvalue weighted by molar-refractivity contribution is 5.14. The van der Waals surface area contributed by atoms with Gasteiger partial charge in [0.2, 0.25) is 0 Å². The van der Waals surface area contributed by atoms with Crippen LogP contribution in [0.2, 0.25) is 0 Å². The van der Waals surface area contributed by atoms with Crippen LogP contribution in [0.3, 0.4) is 0 Å². The third-order valence-electron chi connectivity index (χ3n) is 2.53. The molecule has 0 aliphatic carbocycles. The number of benzene rings is 1. The standard InChI is InChI=1S/C13H22N2/c1-2-3-4-8-11-15(14)12-13-9-6-5-7-10-13/h5-7,9-10H,2-4,8,11-12,14H2,1H3. The van der Waals surface area contributed by atoms with Gasteiger partial charge in [-0.05, 0) is 12.0 Å². The first-order chi connectivity index (χ1) is 7.33. The maximum atomic E-state index is 5.92. The zero-order valence-corrected chi connectivity index (χ0v) is 9.65. The van der Waals surface area contributed by atoms with Gasteiger partial charge in [-0.1, -0.05) is 56.5 Å². The molecule has 2 nitrogen and oxygen atoms in total. The topological polar surface area (TPSA) is 29.3 Å². The summed E-state index contributed by atoms with van der Waals surface area (Å²) in [6, 6.07) is 10.4. The summed E-state index contributed by atoms with van der Waals surface area (Å²) in [6.45, 7) is 4.08. The Balaban J connectivity index is 2.16. The van der Waals surface area contributed by atoms with Gasteiger partial charge in [0.05, 0.1) is 0 Å². The van der Waals surface area contributed by atoms with Gasteiger partial charge in [-0.25, -0.2) is 5.01 Å². The van der Waals surface area contributed by atoms with Crippen molar-refractivity contribution in [2.45, 2.75) is 39.2 Å². The second kappa shape index (κ2) is 7.43. The fourth-order valence-corrected chi connectivity index (χ4v) is 1.64. The van der Waals surface area contributed by atoms with E-state index in [2.05, 4.69) is 31.2 Å². The molecule has 1 rings (SSSR count). The molecule has 0 unspecified atom stereocenters. The van der Waals surface area contributed by atoms with E-state index < -0.39 is 0 Å². The average Bonchev–Trinajstić information content (AvgIpc) is 2.26. The quantitative estimate of drug-likeness (QED) is 0.422. The summed E-state index contributed by atoms with van der Waals surface area (Å²) < 4.78 is 0. The SMILES string of the molecule is CCCCCCN(N)Cc1ccccc1. The highest BCUT2D eigenvalue weighted by atomic mass is 15.4. The van der Waals surface area contributed by atoms with Crippen LogP contribution in [0.15, 0.2) is 30.3 Å². The lowest BCUT2D eigenvalue weighted by Gasteiger charge is -2.15. The van der Waals surface area contributed by atoms with E-state index in [0.29, 0.717) is 0 Å². The lowest BCUT2D eigenvalue weighted by molar-refractivity contribution is 0.267. The molecule has 0 heterocycles. The first kappa shape index (κ1) is 12.2. The predicted octanol–water partition coefficient (Wildman–Crippen LogP) is 2.94. The van der Waals surface area contributed by atoms with Crippen molar-refractivity contribution in [1.29, 1.82) is 0 Å². The summed E-state index contributed by atoms with van der Waals surface area (Å²) in [4.78, 5) is 0. The van der Waals surface area contributed by atoms with Crippen LogP contribution in [0.4, 0.5) is 0 Å². The molecule has 0 radical (unpaired) electrons. The van der Waals surface area contributed by atoms with Crippen LogP contribution < -0.4 is 5.84 Å². The lowest BCUT2D eigenvalue weighted by atomic mass is 10.2. The van der Waals surface area contributed by atoms with Gasteiger partial charge in [-0.2, -0.15) is 0 Å². The Labute approximate surface area is 93.1 Å². The highest BCUT2D eigenvalue weighted by Crippen LogP contribution is 2.04. The number of hydrogen-bond acceptors (Lipinski definition) is 2. The molecule has 0 saturated carbocycles. The van der Waals surface area contributed by atoms with Crippen molar-refractivity contribution in [2.75, 3.05) is 6.54 Å². The summed E-state index contributed by atoms with van der Waals surface area (Å²) >= 11 is 0. The Kier molecular flexibility index (Phi) is 6.05. The van der Waals surface area contributed by atoms with Gasteiger partial charge in [-0.3, -0.25) is 5.84 Å². The van der Waals surface area contributed by atoms with Gasteiger partial charge < -0.3 is 0 Å². The first-order valence-corrected chi connectivity index (χ1v) is 5.86. The minimum Gasteiger partial charge on any atom is -0.268 e. The summed E-state index contributed by atoms with van der Waals surface area (Å²) in [6.07, 6.45) is 5.10. The first-order valence-electron chi connectivity index (χ1n) is 5.86. The van der Waals surface area contributed by atoms with E-state index in [4.69, 9.17) is 5.84 Å². The van der Waals surface area contributed by atoms with Crippen LogP contribution in [0.5, 0.6) is 0 Å². The van der Waals surface area contributed by atoms with Crippen LogP contribution in [0.1, 0.15) is 38.2 Å². The molecule has 0 saturated heterocycles. The Morgan fingerprint density at radius 3 is 2.47 bits per heavy atom. The van der Waals surface area contributed by atoms with Gasteiger partial charge in [0.25, 0.3) is 0 Å². The number of rotatable bonds is 7. The molecule has 0 aromatic heterocycles. The average molecular weight is 206 g/mol. The van der Waals surface area contributed by atoms with Gasteiger partial charge >= 0.3 is 0 Å². The van der Waals surface area contributed by atoms with Crippen molar-refractivity contribution in [1.82, 2.24) is 5.01 Å². The molecule has 84 valence electrons. The largest absolute Gasteiger partial charge is 0.268 e. The maximum Gasteiger partial charge on any atom is 0.0379 e. The minimum atomic E-state index is 0.854. The summed E-state index contributed by atoms with van der Waals surface area (Å²) in [5.41, 5.74) is 1.29. The molecule has 0 fully saturated rings. The molecular weight excluding hydrogens is 184 g/mol. The van der Waals surface area contributed by atoms with Crippen molar-refractivity contribution in [2.24, 2.45) is 5.84 Å². The van der Waals surface area contributed by atoms with Gasteiger partial charge in [0, 0.05) is 13.1 Å². The summed E-state index contributed by atoms with van der Waals surface area (Å²) in [5.74, 6) is 5.92. The number of unbranched alkanes of at least 4 members (excludes halogenated alkanes) is 3. The molecule has 0 aliphatic rings. The van der Waals surface area contributed by atoms with Gasteiger partial charge in [-0.15, -0.1) is 0 Å². The Hall–Kier alpha value is -0.860. The van der Waals surface area contributed by atoms with Crippen molar-refractivity contribution in [3.63, 3.8) is 0 Å². The van der Waals surface area contributed by atoms with Crippen molar-refractivity contribution in [3.8, 4) is 0 Å². The lowest BCUT2D eigenvalue weighted by Crippen LogP contribution is -2.31. The number of hydrogen-bond donors (Lipinski definition) is 1. The van der Waals surface area contributed by atoms with Crippen LogP contribution >= 0.6 is 0 Å². The number of hydrazine groups is 1. The number of nitrogens with two attached hydrogens (primary N) is 1. The van der Waals surface area contributed by atoms with Crippen LogP contribution in [-0.4, -0.2) is 11.6 Å². The third-order valence-corrected chi connectivity index (χ3v) is 2.53. The van der Waals surface area contributed by atoms with Crippen molar-refractivity contribution < 1.29 is 0 Å². The normalized spacial score (nSPS) is 10.9. The Bertz CT molecular complexity index is 246. The Morgan fingerprint density at radius 2 is 1.80 bits per heavy atom. The zero-order chi connectivity index (χ0) is 10.9. The monoisotopic (exact) mass is 206 g/mol. The maximum absolute atomic E-state index is 5.92. The molecular formula is C13H22N2. The van der Waals surface area contributed by atoms with E-state index in [0.717, 1.165) is 13.1 Å². The molecule has 0 atom stereocenters. The molecule has 0 aliphatic heterocycles. The van der Waals surface area contributed by atoms with E-state index in [1.807, 2.05) is 11.1 Å². The highest BCUT2D eigenvalue weighted by Gasteiger charge is 1.99. The van der Waals surface area contributed by atoms with Gasteiger partial charge in [0.1, 0.15) is 0 Å². The predicted molar refractivity (Wildman–Crippen MR) is 65.2 cm³/mol. The zero-order valence-electron chi connectivity index (χ0n) is 9.65. The van der Waals surface area contributed by atoms with Crippen LogP contribution in [-0.2, 0) is 6.54 Å². The Morgan fingerprint density at radius 1 is 1.07 bits per heavy atom. The molecule has 2 N–H and O–H groups in total. The second-order valence-electron chi connectivity index (χ2n) is 4.02. The third kappa shape index (κ3) is 5.55. The van der Waals surface area contributed by atoms with Crippen LogP contribution in [0.25, 0.3) is 0 Å². The van der Waals surface area contributed by atoms with Gasteiger partial charge in [0.15, 0.2) is 0 Å². The molecule has 1 aromatic carbocycles. The van der Waals surface area contributed by atoms with E-state index in [-0.39, 0.29) is 0 Å². The van der Waals surface area contributed by atoms with E-state index >= 15 is 0 Å². The summed E-state index contributed by atoms with van der Waals surface area (Å²) in [5, 5.41) is 1.91. The molecule has 2 heteroatoms. The minimum absolute atomic E-state index is 0.854. The second-order valence-corrected chi connectivity index (χ2v) is 4.02. The fourth-order valence-electron chi connectivity index (χ4n) is 1.64.